The van der Waals surface area contributed by atoms with E-state index in [4.69, 9.17) is 9.05 Å². The van der Waals surface area contributed by atoms with Crippen LogP contribution in [-0.4, -0.2) is 48.8 Å². The molecule has 3 heterocycles. The SMILES string of the molecule is CCCCCCCCCCCCCCCCOP(=O)(O)OC1C[N+]2(C)CCC1CC2. The zero-order valence-electron chi connectivity index (χ0n) is 19.9. The number of quaternary nitrogens is 1. The second-order valence-corrected chi connectivity index (χ2v) is 11.5. The van der Waals surface area contributed by atoms with Crippen molar-refractivity contribution in [3.63, 3.8) is 0 Å². The largest absolute Gasteiger partial charge is 0.472 e. The van der Waals surface area contributed by atoms with E-state index >= 15 is 0 Å². The molecule has 0 aromatic rings. The predicted molar refractivity (Wildman–Crippen MR) is 124 cm³/mol. The Kier molecular flexibility index (Phi) is 12.5. The fourth-order valence-corrected chi connectivity index (χ4v) is 6.15. The number of likely N-dealkylation sites (N-methyl/N-ethyl adjacent to an activating group) is 1. The van der Waals surface area contributed by atoms with Gasteiger partial charge in [0, 0.05) is 18.8 Å². The van der Waals surface area contributed by atoms with Gasteiger partial charge in [0.2, 0.25) is 0 Å². The van der Waals surface area contributed by atoms with Crippen molar-refractivity contribution in [2.45, 2.75) is 116 Å². The molecule has 6 heteroatoms. The second kappa shape index (κ2) is 14.3. The third kappa shape index (κ3) is 10.6. The molecule has 3 aliphatic heterocycles. The summed E-state index contributed by atoms with van der Waals surface area (Å²) in [7, 11) is -1.69. The van der Waals surface area contributed by atoms with E-state index in [9.17, 15) is 9.46 Å². The number of piperidine rings is 3. The maximum Gasteiger partial charge on any atom is 0.472 e. The lowest BCUT2D eigenvalue weighted by atomic mass is 9.84. The molecular weight excluding hydrogens is 397 g/mol. The average molecular weight is 447 g/mol. The molecule has 2 bridgehead atoms. The number of hydrogen-bond acceptors (Lipinski definition) is 3. The van der Waals surface area contributed by atoms with Crippen molar-refractivity contribution < 1.29 is 23.0 Å². The van der Waals surface area contributed by atoms with Gasteiger partial charge in [-0.05, 0) is 6.42 Å². The molecule has 3 aliphatic rings. The van der Waals surface area contributed by atoms with Crippen molar-refractivity contribution in [3.05, 3.63) is 0 Å². The molecule has 0 spiro atoms. The van der Waals surface area contributed by atoms with Gasteiger partial charge >= 0.3 is 7.82 Å². The first-order valence-corrected chi connectivity index (χ1v) is 14.4. The second-order valence-electron chi connectivity index (χ2n) is 10.1. The zero-order valence-corrected chi connectivity index (χ0v) is 20.8. The first kappa shape index (κ1) is 26.3. The predicted octanol–water partition coefficient (Wildman–Crippen LogP) is 6.84. The minimum absolute atomic E-state index is 0.121. The molecule has 0 saturated carbocycles. The molecule has 3 fully saturated rings. The highest BCUT2D eigenvalue weighted by Crippen LogP contribution is 2.48. The van der Waals surface area contributed by atoms with Gasteiger partial charge < -0.3 is 9.38 Å². The smallest absolute Gasteiger partial charge is 0.324 e. The molecule has 3 saturated heterocycles. The van der Waals surface area contributed by atoms with Gasteiger partial charge in [-0.1, -0.05) is 90.4 Å². The summed E-state index contributed by atoms with van der Waals surface area (Å²) in [5, 5.41) is 0. The highest BCUT2D eigenvalue weighted by molar-refractivity contribution is 7.47. The highest BCUT2D eigenvalue weighted by atomic mass is 31.2. The van der Waals surface area contributed by atoms with Crippen LogP contribution in [0.3, 0.4) is 0 Å². The van der Waals surface area contributed by atoms with Gasteiger partial charge in [0.05, 0.1) is 26.7 Å². The van der Waals surface area contributed by atoms with E-state index in [-0.39, 0.29) is 6.10 Å². The Labute approximate surface area is 186 Å². The first-order chi connectivity index (χ1) is 14.4. The minimum Gasteiger partial charge on any atom is -0.324 e. The summed E-state index contributed by atoms with van der Waals surface area (Å²) in [5.74, 6) is 0.426. The van der Waals surface area contributed by atoms with Crippen molar-refractivity contribution in [1.82, 2.24) is 0 Å². The Morgan fingerprint density at radius 2 is 1.30 bits per heavy atom. The van der Waals surface area contributed by atoms with Gasteiger partial charge in [-0.25, -0.2) is 4.57 Å². The van der Waals surface area contributed by atoms with Crippen LogP contribution in [0.15, 0.2) is 0 Å². The number of rotatable bonds is 18. The van der Waals surface area contributed by atoms with Crippen LogP contribution in [0, 0.1) is 5.92 Å². The molecule has 3 rings (SSSR count). The van der Waals surface area contributed by atoms with Crippen molar-refractivity contribution in [3.8, 4) is 0 Å². The van der Waals surface area contributed by atoms with Crippen LogP contribution in [0.4, 0.5) is 0 Å². The van der Waals surface area contributed by atoms with Crippen molar-refractivity contribution >= 4 is 7.82 Å². The Hall–Kier alpha value is 0.0700. The maximum atomic E-state index is 12.3. The molecule has 0 aliphatic carbocycles. The van der Waals surface area contributed by atoms with Crippen LogP contribution in [0.5, 0.6) is 0 Å². The van der Waals surface area contributed by atoms with E-state index in [0.29, 0.717) is 12.5 Å². The molecule has 0 aromatic carbocycles. The van der Waals surface area contributed by atoms with Crippen LogP contribution in [0.25, 0.3) is 0 Å². The number of fused-ring (bicyclic) bond motifs is 3. The normalized spacial score (nSPS) is 28.0. The number of unbranched alkanes of at least 4 members (excludes halogenated alkanes) is 13. The maximum absolute atomic E-state index is 12.3. The fourth-order valence-electron chi connectivity index (χ4n) is 5.15. The topological polar surface area (TPSA) is 55.8 Å². The summed E-state index contributed by atoms with van der Waals surface area (Å²) >= 11 is 0. The van der Waals surface area contributed by atoms with Gasteiger partial charge in [0.25, 0.3) is 0 Å². The van der Waals surface area contributed by atoms with Crippen LogP contribution in [0.2, 0.25) is 0 Å². The van der Waals surface area contributed by atoms with Crippen molar-refractivity contribution in [1.29, 1.82) is 0 Å². The van der Waals surface area contributed by atoms with Gasteiger partial charge in [-0.2, -0.15) is 0 Å². The van der Waals surface area contributed by atoms with E-state index in [1.54, 1.807) is 0 Å². The molecule has 5 nitrogen and oxygen atoms in total. The molecule has 0 aromatic heterocycles. The fraction of sp³-hybridized carbons (Fsp3) is 1.00. The molecule has 178 valence electrons. The molecule has 30 heavy (non-hydrogen) atoms. The van der Waals surface area contributed by atoms with E-state index in [1.807, 2.05) is 0 Å². The molecular formula is C24H49NO4P+. The van der Waals surface area contributed by atoms with Gasteiger partial charge in [0.15, 0.2) is 0 Å². The molecule has 2 unspecified atom stereocenters. The molecule has 0 amide bonds. The number of nitrogens with zero attached hydrogens (tertiary/aromatic N) is 1. The number of phosphoric ester groups is 1. The summed E-state index contributed by atoms with van der Waals surface area (Å²) in [5.41, 5.74) is 0. The monoisotopic (exact) mass is 446 g/mol. The van der Waals surface area contributed by atoms with Gasteiger partial charge in [0.1, 0.15) is 12.6 Å². The van der Waals surface area contributed by atoms with Crippen LogP contribution in [-0.2, 0) is 13.6 Å². The van der Waals surface area contributed by atoms with E-state index in [2.05, 4.69) is 14.0 Å². The molecule has 0 radical (unpaired) electrons. The Morgan fingerprint density at radius 1 is 0.833 bits per heavy atom. The van der Waals surface area contributed by atoms with Gasteiger partial charge in [-0.15, -0.1) is 0 Å². The summed E-state index contributed by atoms with van der Waals surface area (Å²) in [4.78, 5) is 10.1. The standard InChI is InChI=1S/C24H48NO4P/c1-3-4-5-6-7-8-9-10-11-12-13-14-15-16-21-28-30(26,27)29-24-22-25(2)19-17-23(24)18-20-25/h23-24H,3-22H2,1-2H3/p+1. The van der Waals surface area contributed by atoms with E-state index in [0.717, 1.165) is 36.7 Å². The third-order valence-electron chi connectivity index (χ3n) is 7.25. The van der Waals surface area contributed by atoms with Crippen molar-refractivity contribution in [2.24, 2.45) is 5.92 Å². The highest BCUT2D eigenvalue weighted by Gasteiger charge is 2.46. The van der Waals surface area contributed by atoms with E-state index < -0.39 is 7.82 Å². The van der Waals surface area contributed by atoms with E-state index in [1.165, 1.54) is 90.1 Å². The Balaban J connectivity index is 1.38. The minimum atomic E-state index is -3.92. The third-order valence-corrected chi connectivity index (χ3v) is 8.29. The van der Waals surface area contributed by atoms with Crippen LogP contribution >= 0.6 is 7.82 Å². The molecule has 2 atom stereocenters. The summed E-state index contributed by atoms with van der Waals surface area (Å²) < 4.78 is 24.1. The summed E-state index contributed by atoms with van der Waals surface area (Å²) in [6.07, 6.45) is 20.3. The lowest BCUT2D eigenvalue weighted by molar-refractivity contribution is -0.928. The lowest BCUT2D eigenvalue weighted by Crippen LogP contribution is -2.61. The lowest BCUT2D eigenvalue weighted by Gasteiger charge is -2.50. The van der Waals surface area contributed by atoms with Gasteiger partial charge in [-0.3, -0.25) is 9.05 Å². The van der Waals surface area contributed by atoms with Crippen molar-refractivity contribution in [2.75, 3.05) is 33.3 Å². The van der Waals surface area contributed by atoms with Crippen LogP contribution in [0.1, 0.15) is 110 Å². The quantitative estimate of drug-likeness (QED) is 0.142. The Bertz CT molecular complexity index is 494. The average Bonchev–Trinajstić information content (AvgIpc) is 2.70. The number of hydrogen-bond donors (Lipinski definition) is 1. The summed E-state index contributed by atoms with van der Waals surface area (Å²) in [6, 6.07) is 0. The number of phosphoric acid groups is 1. The molecule has 1 N–H and O–H groups in total. The first-order valence-electron chi connectivity index (χ1n) is 12.9. The summed E-state index contributed by atoms with van der Waals surface area (Å²) in [6.45, 7) is 5.78. The van der Waals surface area contributed by atoms with Crippen LogP contribution < -0.4 is 0 Å². The zero-order chi connectivity index (χ0) is 21.7. The Morgan fingerprint density at radius 3 is 1.77 bits per heavy atom.